The van der Waals surface area contributed by atoms with Crippen molar-refractivity contribution in [3.8, 4) is 11.4 Å². The van der Waals surface area contributed by atoms with Crippen molar-refractivity contribution >= 4 is 17.7 Å². The van der Waals surface area contributed by atoms with E-state index >= 15 is 0 Å². The molecule has 1 N–H and O–H groups in total. The second kappa shape index (κ2) is 7.48. The quantitative estimate of drug-likeness (QED) is 0.684. The van der Waals surface area contributed by atoms with Gasteiger partial charge in [0.05, 0.1) is 6.61 Å². The van der Waals surface area contributed by atoms with Crippen molar-refractivity contribution in [1.29, 1.82) is 0 Å². The van der Waals surface area contributed by atoms with Crippen LogP contribution in [-0.4, -0.2) is 34.4 Å². The lowest BCUT2D eigenvalue weighted by Gasteiger charge is -2.20. The number of rotatable bonds is 5. The first kappa shape index (κ1) is 17.7. The summed E-state index contributed by atoms with van der Waals surface area (Å²) in [5, 5.41) is 4.02. The number of carbonyl (C=O) groups is 1. The van der Waals surface area contributed by atoms with Crippen molar-refractivity contribution in [3.05, 3.63) is 72.1 Å². The zero-order chi connectivity index (χ0) is 18.8. The van der Waals surface area contributed by atoms with Crippen LogP contribution in [-0.2, 0) is 0 Å². The highest BCUT2D eigenvalue weighted by Gasteiger charge is 2.29. The van der Waals surface area contributed by atoms with Crippen LogP contribution in [0.1, 0.15) is 28.8 Å². The van der Waals surface area contributed by atoms with E-state index in [0.717, 1.165) is 22.2 Å². The SMILES string of the molecule is CSc1nccn1-c1cccc(C(=O)N[C@H](C)[C@H]2COc3ccccc32)c1. The molecule has 0 bridgehead atoms. The van der Waals surface area contributed by atoms with Gasteiger partial charge in [-0.2, -0.15) is 0 Å². The number of benzene rings is 2. The van der Waals surface area contributed by atoms with E-state index in [4.69, 9.17) is 4.74 Å². The number of thioether (sulfide) groups is 1. The van der Waals surface area contributed by atoms with Gasteiger partial charge in [-0.15, -0.1) is 0 Å². The Hall–Kier alpha value is -2.73. The lowest BCUT2D eigenvalue weighted by Crippen LogP contribution is -2.37. The summed E-state index contributed by atoms with van der Waals surface area (Å²) >= 11 is 1.57. The summed E-state index contributed by atoms with van der Waals surface area (Å²) in [7, 11) is 0. The van der Waals surface area contributed by atoms with Gasteiger partial charge in [-0.05, 0) is 37.4 Å². The molecule has 138 valence electrons. The number of fused-ring (bicyclic) bond motifs is 1. The van der Waals surface area contributed by atoms with E-state index in [1.165, 1.54) is 0 Å². The van der Waals surface area contributed by atoms with Crippen LogP contribution >= 0.6 is 11.8 Å². The molecular weight excluding hydrogens is 358 g/mol. The number of para-hydroxylation sites is 1. The van der Waals surface area contributed by atoms with Crippen molar-refractivity contribution < 1.29 is 9.53 Å². The molecule has 27 heavy (non-hydrogen) atoms. The Labute approximate surface area is 162 Å². The average Bonchev–Trinajstić information content (AvgIpc) is 3.34. The first-order valence-corrected chi connectivity index (χ1v) is 10.1. The third-order valence-electron chi connectivity index (χ3n) is 4.88. The van der Waals surface area contributed by atoms with Crippen LogP contribution in [0.2, 0.25) is 0 Å². The molecule has 0 spiro atoms. The standard InChI is InChI=1S/C21H21N3O2S/c1-14(18-13-26-19-9-4-3-8-17(18)19)23-20(25)15-6-5-7-16(12-15)24-11-10-22-21(24)27-2/h3-12,14,18H,13H2,1-2H3,(H,23,25)/t14-,18-/m1/s1. The zero-order valence-corrected chi connectivity index (χ0v) is 16.1. The van der Waals surface area contributed by atoms with Crippen LogP contribution in [0.3, 0.4) is 0 Å². The number of imidazole rings is 1. The second-order valence-electron chi connectivity index (χ2n) is 6.55. The molecule has 6 heteroatoms. The zero-order valence-electron chi connectivity index (χ0n) is 15.3. The van der Waals surface area contributed by atoms with E-state index < -0.39 is 0 Å². The largest absolute Gasteiger partial charge is 0.493 e. The van der Waals surface area contributed by atoms with E-state index in [1.54, 1.807) is 18.0 Å². The molecule has 0 radical (unpaired) electrons. The van der Waals surface area contributed by atoms with E-state index in [1.807, 2.05) is 66.4 Å². The fourth-order valence-electron chi connectivity index (χ4n) is 3.43. The number of ether oxygens (including phenoxy) is 1. The molecule has 0 fully saturated rings. The summed E-state index contributed by atoms with van der Waals surface area (Å²) in [5.74, 6) is 0.986. The Bertz CT molecular complexity index is 969. The molecule has 1 amide bonds. The summed E-state index contributed by atoms with van der Waals surface area (Å²) < 4.78 is 7.73. The van der Waals surface area contributed by atoms with Gasteiger partial charge < -0.3 is 10.1 Å². The van der Waals surface area contributed by atoms with Crippen LogP contribution in [0.15, 0.2) is 66.1 Å². The molecule has 0 saturated heterocycles. The number of nitrogens with one attached hydrogen (secondary N) is 1. The smallest absolute Gasteiger partial charge is 0.251 e. The molecule has 0 aliphatic carbocycles. The molecule has 2 aromatic carbocycles. The van der Waals surface area contributed by atoms with Crippen LogP contribution in [0.4, 0.5) is 0 Å². The van der Waals surface area contributed by atoms with E-state index in [9.17, 15) is 4.79 Å². The monoisotopic (exact) mass is 379 g/mol. The maximum Gasteiger partial charge on any atom is 0.251 e. The summed E-state index contributed by atoms with van der Waals surface area (Å²) in [5.41, 5.74) is 2.71. The number of aromatic nitrogens is 2. The van der Waals surface area contributed by atoms with Crippen LogP contribution in [0, 0.1) is 0 Å². The molecule has 1 aromatic heterocycles. The van der Waals surface area contributed by atoms with Crippen LogP contribution in [0.5, 0.6) is 5.75 Å². The maximum atomic E-state index is 12.8. The van der Waals surface area contributed by atoms with Gasteiger partial charge in [0, 0.05) is 41.2 Å². The van der Waals surface area contributed by atoms with Gasteiger partial charge in [0.2, 0.25) is 0 Å². The normalized spacial score (nSPS) is 16.4. The highest BCUT2D eigenvalue weighted by atomic mass is 32.2. The minimum absolute atomic E-state index is 0.0280. The van der Waals surface area contributed by atoms with Gasteiger partial charge in [0.15, 0.2) is 5.16 Å². The fourth-order valence-corrected chi connectivity index (χ4v) is 3.96. The molecule has 2 atom stereocenters. The van der Waals surface area contributed by atoms with Gasteiger partial charge in [-0.25, -0.2) is 4.98 Å². The predicted molar refractivity (Wildman–Crippen MR) is 107 cm³/mol. The van der Waals surface area contributed by atoms with Crippen molar-refractivity contribution in [2.75, 3.05) is 12.9 Å². The minimum Gasteiger partial charge on any atom is -0.493 e. The summed E-state index contributed by atoms with van der Waals surface area (Å²) in [6.45, 7) is 2.62. The number of nitrogens with zero attached hydrogens (tertiary/aromatic N) is 2. The Balaban J connectivity index is 1.51. The van der Waals surface area contributed by atoms with Gasteiger partial charge in [-0.3, -0.25) is 9.36 Å². The fraction of sp³-hybridized carbons (Fsp3) is 0.238. The van der Waals surface area contributed by atoms with Crippen molar-refractivity contribution in [2.45, 2.75) is 24.0 Å². The lowest BCUT2D eigenvalue weighted by atomic mass is 9.94. The summed E-state index contributed by atoms with van der Waals surface area (Å²) in [6.07, 6.45) is 5.65. The Morgan fingerprint density at radius 1 is 1.30 bits per heavy atom. The molecular formula is C21H21N3O2S. The molecule has 0 saturated carbocycles. The molecule has 1 aliphatic heterocycles. The van der Waals surface area contributed by atoms with E-state index in [0.29, 0.717) is 12.2 Å². The Kier molecular flexibility index (Phi) is 4.90. The highest BCUT2D eigenvalue weighted by molar-refractivity contribution is 7.98. The van der Waals surface area contributed by atoms with Gasteiger partial charge in [0.1, 0.15) is 5.75 Å². The Morgan fingerprint density at radius 2 is 2.15 bits per heavy atom. The summed E-state index contributed by atoms with van der Waals surface area (Å²) in [6, 6.07) is 15.6. The Morgan fingerprint density at radius 3 is 3.00 bits per heavy atom. The third kappa shape index (κ3) is 3.45. The van der Waals surface area contributed by atoms with Crippen molar-refractivity contribution in [2.24, 2.45) is 0 Å². The van der Waals surface area contributed by atoms with Crippen LogP contribution in [0.25, 0.3) is 5.69 Å². The van der Waals surface area contributed by atoms with Gasteiger partial charge in [0.25, 0.3) is 5.91 Å². The number of carbonyl (C=O) groups excluding carboxylic acids is 1. The topological polar surface area (TPSA) is 56.2 Å². The van der Waals surface area contributed by atoms with E-state index in [2.05, 4.69) is 16.4 Å². The molecule has 5 nitrogen and oxygen atoms in total. The van der Waals surface area contributed by atoms with Crippen molar-refractivity contribution in [1.82, 2.24) is 14.9 Å². The second-order valence-corrected chi connectivity index (χ2v) is 7.33. The predicted octanol–water partition coefficient (Wildman–Crippen LogP) is 3.89. The third-order valence-corrected chi connectivity index (χ3v) is 5.54. The maximum absolute atomic E-state index is 12.8. The number of hydrogen-bond donors (Lipinski definition) is 1. The van der Waals surface area contributed by atoms with Crippen molar-refractivity contribution in [3.63, 3.8) is 0 Å². The molecule has 2 heterocycles. The van der Waals surface area contributed by atoms with Crippen LogP contribution < -0.4 is 10.1 Å². The molecule has 4 rings (SSSR count). The minimum atomic E-state index is -0.0838. The highest BCUT2D eigenvalue weighted by Crippen LogP contribution is 2.35. The van der Waals surface area contributed by atoms with Gasteiger partial charge in [-0.1, -0.05) is 36.0 Å². The molecule has 0 unspecified atom stereocenters. The summed E-state index contributed by atoms with van der Waals surface area (Å²) in [4.78, 5) is 17.1. The molecule has 3 aromatic rings. The lowest BCUT2D eigenvalue weighted by molar-refractivity contribution is 0.0932. The first-order valence-electron chi connectivity index (χ1n) is 8.87. The van der Waals surface area contributed by atoms with E-state index in [-0.39, 0.29) is 17.9 Å². The molecule has 1 aliphatic rings. The number of hydrogen-bond acceptors (Lipinski definition) is 4. The van der Waals surface area contributed by atoms with Gasteiger partial charge >= 0.3 is 0 Å². The first-order chi connectivity index (χ1) is 13.2. The average molecular weight is 379 g/mol. The number of amides is 1.